The summed E-state index contributed by atoms with van der Waals surface area (Å²) in [5.74, 6) is 0.248. The summed E-state index contributed by atoms with van der Waals surface area (Å²) in [6, 6.07) is 10.9. The van der Waals surface area contributed by atoms with Crippen molar-refractivity contribution in [1.82, 2.24) is 0 Å². The smallest absolute Gasteiger partial charge is 0.166 e. The van der Waals surface area contributed by atoms with Gasteiger partial charge in [0.1, 0.15) is 25.2 Å². The Morgan fingerprint density at radius 2 is 1.75 bits per heavy atom. The van der Waals surface area contributed by atoms with Crippen molar-refractivity contribution in [3.63, 3.8) is 0 Å². The minimum absolute atomic E-state index is 0.134. The molecule has 0 saturated carbocycles. The van der Waals surface area contributed by atoms with E-state index in [-0.39, 0.29) is 19.0 Å². The first-order valence-electron chi connectivity index (χ1n) is 5.95. The number of rotatable bonds is 6. The maximum Gasteiger partial charge on any atom is 0.166 e. The molecular weight excluding hydrogens is 283 g/mol. The Bertz CT molecular complexity index is 584. The van der Waals surface area contributed by atoms with Crippen molar-refractivity contribution in [2.24, 2.45) is 0 Å². The molecule has 0 aliphatic rings. The molecule has 0 amide bonds. The molecule has 0 aromatic heterocycles. The molecule has 0 unspecified atom stereocenters. The van der Waals surface area contributed by atoms with Crippen molar-refractivity contribution < 1.29 is 18.7 Å². The van der Waals surface area contributed by atoms with Crippen LogP contribution in [0.2, 0.25) is 5.02 Å². The van der Waals surface area contributed by atoms with Gasteiger partial charge in [-0.25, -0.2) is 4.39 Å². The Hall–Kier alpha value is -2.07. The molecule has 2 aromatic rings. The fourth-order valence-electron chi connectivity index (χ4n) is 1.55. The minimum atomic E-state index is -0.507. The highest BCUT2D eigenvalue weighted by molar-refractivity contribution is 6.30. The number of aldehydes is 1. The van der Waals surface area contributed by atoms with Crippen molar-refractivity contribution in [2.45, 2.75) is 0 Å². The molecule has 3 nitrogen and oxygen atoms in total. The van der Waals surface area contributed by atoms with Gasteiger partial charge in [-0.2, -0.15) is 0 Å². The van der Waals surface area contributed by atoms with E-state index in [1.165, 1.54) is 12.1 Å². The van der Waals surface area contributed by atoms with Crippen LogP contribution in [0.4, 0.5) is 4.39 Å². The van der Waals surface area contributed by atoms with Gasteiger partial charge < -0.3 is 9.47 Å². The standard InChI is InChI=1S/C15H12ClFO3/c16-12-3-6-15(14(17)9-12)20-8-7-19-13-4-1-11(10-18)2-5-13/h1-6,9-10H,7-8H2. The lowest BCUT2D eigenvalue weighted by molar-refractivity contribution is 0.112. The molecule has 2 rings (SSSR count). The van der Waals surface area contributed by atoms with Crippen molar-refractivity contribution in [2.75, 3.05) is 13.2 Å². The number of halogens is 2. The van der Waals surface area contributed by atoms with Crippen molar-refractivity contribution in [3.05, 3.63) is 58.9 Å². The second-order valence-corrected chi connectivity index (χ2v) is 4.39. The van der Waals surface area contributed by atoms with Crippen LogP contribution >= 0.6 is 11.6 Å². The van der Waals surface area contributed by atoms with Gasteiger partial charge in [0.2, 0.25) is 0 Å². The van der Waals surface area contributed by atoms with Gasteiger partial charge in [-0.05, 0) is 42.5 Å². The van der Waals surface area contributed by atoms with Crippen molar-refractivity contribution in [3.8, 4) is 11.5 Å². The molecule has 0 N–H and O–H groups in total. The molecule has 0 aliphatic carbocycles. The summed E-state index contributed by atoms with van der Waals surface area (Å²) in [4.78, 5) is 10.5. The second kappa shape index (κ2) is 6.91. The summed E-state index contributed by atoms with van der Waals surface area (Å²) in [7, 11) is 0. The molecule has 0 bridgehead atoms. The molecule has 0 aliphatic heterocycles. The third kappa shape index (κ3) is 3.96. The van der Waals surface area contributed by atoms with Gasteiger partial charge in [0.05, 0.1) is 0 Å². The van der Waals surface area contributed by atoms with Gasteiger partial charge in [0.15, 0.2) is 11.6 Å². The van der Waals surface area contributed by atoms with E-state index in [0.29, 0.717) is 16.3 Å². The Labute approximate surface area is 120 Å². The Balaban J connectivity index is 1.79. The van der Waals surface area contributed by atoms with Crippen LogP contribution in [-0.2, 0) is 0 Å². The van der Waals surface area contributed by atoms with Gasteiger partial charge in [-0.1, -0.05) is 11.6 Å². The predicted octanol–water partition coefficient (Wildman–Crippen LogP) is 3.75. The molecule has 5 heteroatoms. The summed E-state index contributed by atoms with van der Waals surface area (Å²) in [6.07, 6.45) is 0.760. The Morgan fingerprint density at radius 1 is 1.05 bits per heavy atom. The average Bonchev–Trinajstić information content (AvgIpc) is 2.46. The van der Waals surface area contributed by atoms with E-state index >= 15 is 0 Å². The van der Waals surface area contributed by atoms with Gasteiger partial charge in [0, 0.05) is 10.6 Å². The summed E-state index contributed by atoms with van der Waals surface area (Å²) in [6.45, 7) is 0.469. The molecule has 104 valence electrons. The summed E-state index contributed by atoms with van der Waals surface area (Å²) in [5.41, 5.74) is 0.580. The molecule has 2 aromatic carbocycles. The Morgan fingerprint density at radius 3 is 2.40 bits per heavy atom. The van der Waals surface area contributed by atoms with Gasteiger partial charge in [0.25, 0.3) is 0 Å². The lowest BCUT2D eigenvalue weighted by Gasteiger charge is -2.09. The highest BCUT2D eigenvalue weighted by Gasteiger charge is 2.03. The van der Waals surface area contributed by atoms with Crippen LogP contribution < -0.4 is 9.47 Å². The fraction of sp³-hybridized carbons (Fsp3) is 0.133. The Kier molecular flexibility index (Phi) is 4.96. The number of hydrogen-bond donors (Lipinski definition) is 0. The highest BCUT2D eigenvalue weighted by atomic mass is 35.5. The van der Waals surface area contributed by atoms with E-state index in [4.69, 9.17) is 21.1 Å². The second-order valence-electron chi connectivity index (χ2n) is 3.96. The highest BCUT2D eigenvalue weighted by Crippen LogP contribution is 2.21. The summed E-state index contributed by atoms with van der Waals surface area (Å²) in [5, 5.41) is 0.321. The first-order chi connectivity index (χ1) is 9.69. The predicted molar refractivity (Wildman–Crippen MR) is 74.2 cm³/mol. The number of hydrogen-bond acceptors (Lipinski definition) is 3. The van der Waals surface area contributed by atoms with Crippen LogP contribution in [0.25, 0.3) is 0 Å². The summed E-state index contributed by atoms with van der Waals surface area (Å²) < 4.78 is 24.0. The van der Waals surface area contributed by atoms with Crippen LogP contribution in [0.15, 0.2) is 42.5 Å². The van der Waals surface area contributed by atoms with Gasteiger partial charge in [-0.3, -0.25) is 4.79 Å². The molecular formula is C15H12ClFO3. The average molecular weight is 295 g/mol. The molecule has 0 spiro atoms. The largest absolute Gasteiger partial charge is 0.490 e. The van der Waals surface area contributed by atoms with Crippen LogP contribution in [-0.4, -0.2) is 19.5 Å². The topological polar surface area (TPSA) is 35.5 Å². The third-order valence-electron chi connectivity index (χ3n) is 2.52. The van der Waals surface area contributed by atoms with Gasteiger partial charge in [-0.15, -0.1) is 0 Å². The fourth-order valence-corrected chi connectivity index (χ4v) is 1.70. The van der Waals surface area contributed by atoms with Crippen LogP contribution in [0, 0.1) is 5.82 Å². The lowest BCUT2D eigenvalue weighted by Crippen LogP contribution is -2.09. The van der Waals surface area contributed by atoms with Crippen LogP contribution in [0.5, 0.6) is 11.5 Å². The molecule has 20 heavy (non-hydrogen) atoms. The van der Waals surface area contributed by atoms with E-state index in [0.717, 1.165) is 6.29 Å². The van der Waals surface area contributed by atoms with E-state index < -0.39 is 5.82 Å². The van der Waals surface area contributed by atoms with E-state index in [1.54, 1.807) is 30.3 Å². The van der Waals surface area contributed by atoms with Crippen LogP contribution in [0.3, 0.4) is 0 Å². The molecule has 0 radical (unpaired) electrons. The maximum atomic E-state index is 13.4. The van der Waals surface area contributed by atoms with Gasteiger partial charge >= 0.3 is 0 Å². The zero-order valence-corrected chi connectivity index (χ0v) is 11.3. The molecule has 0 saturated heterocycles. The zero-order chi connectivity index (χ0) is 14.4. The monoisotopic (exact) mass is 294 g/mol. The first kappa shape index (κ1) is 14.3. The number of benzene rings is 2. The molecule has 0 fully saturated rings. The van der Waals surface area contributed by atoms with E-state index in [1.807, 2.05) is 0 Å². The molecule has 0 atom stereocenters. The van der Waals surface area contributed by atoms with Crippen molar-refractivity contribution >= 4 is 17.9 Å². The first-order valence-corrected chi connectivity index (χ1v) is 6.33. The summed E-state index contributed by atoms with van der Waals surface area (Å²) >= 11 is 5.64. The SMILES string of the molecule is O=Cc1ccc(OCCOc2ccc(Cl)cc2F)cc1. The number of carbonyl (C=O) groups is 1. The number of carbonyl (C=O) groups excluding carboxylic acids is 1. The lowest BCUT2D eigenvalue weighted by atomic mass is 10.2. The minimum Gasteiger partial charge on any atom is -0.490 e. The zero-order valence-electron chi connectivity index (χ0n) is 10.5. The normalized spacial score (nSPS) is 10.1. The third-order valence-corrected chi connectivity index (χ3v) is 2.75. The maximum absolute atomic E-state index is 13.4. The van der Waals surface area contributed by atoms with E-state index in [2.05, 4.69) is 0 Å². The number of ether oxygens (including phenoxy) is 2. The van der Waals surface area contributed by atoms with Crippen LogP contribution in [0.1, 0.15) is 10.4 Å². The quantitative estimate of drug-likeness (QED) is 0.601. The molecule has 0 heterocycles. The van der Waals surface area contributed by atoms with E-state index in [9.17, 15) is 9.18 Å². The van der Waals surface area contributed by atoms with Crippen molar-refractivity contribution in [1.29, 1.82) is 0 Å².